The predicted octanol–water partition coefficient (Wildman–Crippen LogP) is 3.97. The van der Waals surface area contributed by atoms with Crippen molar-refractivity contribution in [3.05, 3.63) is 59.4 Å². The second kappa shape index (κ2) is 7.05. The van der Waals surface area contributed by atoms with Crippen molar-refractivity contribution in [2.45, 2.75) is 20.3 Å². The normalized spacial score (nSPS) is 11.2. The Labute approximate surface area is 146 Å². The van der Waals surface area contributed by atoms with Crippen LogP contribution in [0.25, 0.3) is 16.9 Å². The summed E-state index contributed by atoms with van der Waals surface area (Å²) in [5.74, 6) is 0.427. The number of carbonyl (C=O) groups excluding carboxylic acids is 1. The summed E-state index contributed by atoms with van der Waals surface area (Å²) in [5.41, 5.74) is 3.48. The first-order chi connectivity index (χ1) is 11.5. The highest BCUT2D eigenvalue weighted by Gasteiger charge is 2.17. The Morgan fingerprint density at radius 2 is 1.96 bits per heavy atom. The SMILES string of the molecule is CC(C)CNC(=O)Cc1c(-c2ccc(Cl)cc2)nc2ccccn12. The fraction of sp³-hybridized carbons (Fsp3) is 0.263. The number of rotatable bonds is 5. The highest BCUT2D eigenvalue weighted by atomic mass is 35.5. The Morgan fingerprint density at radius 1 is 1.21 bits per heavy atom. The lowest BCUT2D eigenvalue weighted by Crippen LogP contribution is -2.29. The van der Waals surface area contributed by atoms with Gasteiger partial charge in [-0.05, 0) is 30.2 Å². The topological polar surface area (TPSA) is 46.4 Å². The number of halogens is 1. The molecule has 1 amide bonds. The van der Waals surface area contributed by atoms with Crippen LogP contribution in [0.15, 0.2) is 48.7 Å². The van der Waals surface area contributed by atoms with Gasteiger partial charge < -0.3 is 9.72 Å². The number of hydrogen-bond donors (Lipinski definition) is 1. The van der Waals surface area contributed by atoms with Gasteiger partial charge in [0.25, 0.3) is 0 Å². The van der Waals surface area contributed by atoms with Gasteiger partial charge in [-0.15, -0.1) is 0 Å². The fourth-order valence-electron chi connectivity index (χ4n) is 2.59. The molecule has 0 radical (unpaired) electrons. The van der Waals surface area contributed by atoms with E-state index in [1.807, 2.05) is 53.1 Å². The molecule has 0 bridgehead atoms. The van der Waals surface area contributed by atoms with E-state index in [9.17, 15) is 4.79 Å². The molecular formula is C19H20ClN3O. The smallest absolute Gasteiger partial charge is 0.226 e. The summed E-state index contributed by atoms with van der Waals surface area (Å²) in [5, 5.41) is 3.65. The first kappa shape index (κ1) is 16.5. The van der Waals surface area contributed by atoms with Crippen molar-refractivity contribution < 1.29 is 4.79 Å². The van der Waals surface area contributed by atoms with E-state index >= 15 is 0 Å². The number of carbonyl (C=O) groups is 1. The number of fused-ring (bicyclic) bond motifs is 1. The van der Waals surface area contributed by atoms with E-state index in [1.165, 1.54) is 0 Å². The first-order valence-corrected chi connectivity index (χ1v) is 8.41. The number of pyridine rings is 1. The van der Waals surface area contributed by atoms with Crippen molar-refractivity contribution in [3.63, 3.8) is 0 Å². The highest BCUT2D eigenvalue weighted by Crippen LogP contribution is 2.26. The van der Waals surface area contributed by atoms with Gasteiger partial charge in [0.15, 0.2) is 0 Å². The van der Waals surface area contributed by atoms with Crippen LogP contribution < -0.4 is 5.32 Å². The van der Waals surface area contributed by atoms with E-state index in [2.05, 4.69) is 19.2 Å². The molecule has 0 aliphatic rings. The van der Waals surface area contributed by atoms with Gasteiger partial charge in [0, 0.05) is 23.3 Å². The van der Waals surface area contributed by atoms with Crippen LogP contribution in [0.5, 0.6) is 0 Å². The van der Waals surface area contributed by atoms with Crippen LogP contribution in [0.1, 0.15) is 19.5 Å². The molecule has 0 saturated carbocycles. The number of imidazole rings is 1. The molecule has 2 heterocycles. The Hall–Kier alpha value is -2.33. The second-order valence-corrected chi connectivity index (χ2v) is 6.65. The number of amides is 1. The van der Waals surface area contributed by atoms with Gasteiger partial charge in [-0.1, -0.05) is 43.6 Å². The lowest BCUT2D eigenvalue weighted by Gasteiger charge is -2.09. The lowest BCUT2D eigenvalue weighted by molar-refractivity contribution is -0.120. The summed E-state index contributed by atoms with van der Waals surface area (Å²) in [6.07, 6.45) is 2.22. The molecule has 4 nitrogen and oxygen atoms in total. The molecule has 1 aromatic carbocycles. The zero-order valence-electron chi connectivity index (χ0n) is 13.8. The molecule has 5 heteroatoms. The van der Waals surface area contributed by atoms with Gasteiger partial charge in [-0.2, -0.15) is 0 Å². The van der Waals surface area contributed by atoms with E-state index in [0.717, 1.165) is 22.6 Å². The summed E-state index contributed by atoms with van der Waals surface area (Å²) in [4.78, 5) is 17.0. The Morgan fingerprint density at radius 3 is 2.67 bits per heavy atom. The molecule has 0 aliphatic carbocycles. The fourth-order valence-corrected chi connectivity index (χ4v) is 2.71. The maximum Gasteiger partial charge on any atom is 0.226 e. The minimum absolute atomic E-state index is 0.00423. The number of nitrogens with one attached hydrogen (secondary N) is 1. The average Bonchev–Trinajstić information content (AvgIpc) is 2.92. The predicted molar refractivity (Wildman–Crippen MR) is 97.2 cm³/mol. The Bertz CT molecular complexity index is 853. The molecule has 0 unspecified atom stereocenters. The van der Waals surface area contributed by atoms with Gasteiger partial charge in [-0.3, -0.25) is 4.79 Å². The molecule has 1 N–H and O–H groups in total. The zero-order chi connectivity index (χ0) is 17.1. The number of hydrogen-bond acceptors (Lipinski definition) is 2. The molecule has 0 atom stereocenters. The summed E-state index contributed by atoms with van der Waals surface area (Å²) in [7, 11) is 0. The van der Waals surface area contributed by atoms with E-state index in [0.29, 0.717) is 17.5 Å². The Balaban J connectivity index is 1.99. The van der Waals surface area contributed by atoms with Gasteiger partial charge in [-0.25, -0.2) is 4.98 Å². The number of aromatic nitrogens is 2. The third-order valence-corrected chi connectivity index (χ3v) is 4.03. The van der Waals surface area contributed by atoms with E-state index in [1.54, 1.807) is 0 Å². The summed E-state index contributed by atoms with van der Waals surface area (Å²) in [6, 6.07) is 13.4. The van der Waals surface area contributed by atoms with Crippen LogP contribution in [0, 0.1) is 5.92 Å². The average molecular weight is 342 g/mol. The summed E-state index contributed by atoms with van der Waals surface area (Å²) < 4.78 is 1.97. The van der Waals surface area contributed by atoms with Crippen molar-refractivity contribution in [1.82, 2.24) is 14.7 Å². The van der Waals surface area contributed by atoms with Crippen LogP contribution in [-0.2, 0) is 11.2 Å². The maximum atomic E-state index is 12.3. The third kappa shape index (κ3) is 3.60. The summed E-state index contributed by atoms with van der Waals surface area (Å²) in [6.45, 7) is 4.83. The maximum absolute atomic E-state index is 12.3. The molecule has 0 aliphatic heterocycles. The third-order valence-electron chi connectivity index (χ3n) is 3.78. The van der Waals surface area contributed by atoms with Crippen molar-refractivity contribution in [2.75, 3.05) is 6.54 Å². The molecule has 24 heavy (non-hydrogen) atoms. The molecule has 0 saturated heterocycles. The number of nitrogens with zero attached hydrogens (tertiary/aromatic N) is 2. The first-order valence-electron chi connectivity index (χ1n) is 8.03. The minimum atomic E-state index is 0.00423. The van der Waals surface area contributed by atoms with Crippen LogP contribution >= 0.6 is 11.6 Å². The van der Waals surface area contributed by atoms with Crippen LogP contribution in [0.4, 0.5) is 0 Å². The van der Waals surface area contributed by atoms with Crippen molar-refractivity contribution in [2.24, 2.45) is 5.92 Å². The summed E-state index contributed by atoms with van der Waals surface area (Å²) >= 11 is 5.98. The van der Waals surface area contributed by atoms with E-state index in [-0.39, 0.29) is 12.3 Å². The number of benzene rings is 1. The van der Waals surface area contributed by atoms with Gasteiger partial charge in [0.1, 0.15) is 5.65 Å². The van der Waals surface area contributed by atoms with Crippen molar-refractivity contribution in [1.29, 1.82) is 0 Å². The molecule has 0 spiro atoms. The van der Waals surface area contributed by atoms with E-state index in [4.69, 9.17) is 16.6 Å². The van der Waals surface area contributed by atoms with Gasteiger partial charge >= 0.3 is 0 Å². The van der Waals surface area contributed by atoms with Crippen LogP contribution in [-0.4, -0.2) is 21.8 Å². The second-order valence-electron chi connectivity index (χ2n) is 6.22. The van der Waals surface area contributed by atoms with E-state index < -0.39 is 0 Å². The van der Waals surface area contributed by atoms with Crippen LogP contribution in [0.3, 0.4) is 0 Å². The zero-order valence-corrected chi connectivity index (χ0v) is 14.5. The Kier molecular flexibility index (Phi) is 4.86. The standard InChI is InChI=1S/C19H20ClN3O/c1-13(2)12-21-18(24)11-16-19(14-6-8-15(20)9-7-14)22-17-5-3-4-10-23(16)17/h3-10,13H,11-12H2,1-2H3,(H,21,24). The molecular weight excluding hydrogens is 322 g/mol. The van der Waals surface area contributed by atoms with Crippen molar-refractivity contribution in [3.8, 4) is 11.3 Å². The van der Waals surface area contributed by atoms with Crippen molar-refractivity contribution >= 4 is 23.2 Å². The highest BCUT2D eigenvalue weighted by molar-refractivity contribution is 6.30. The quantitative estimate of drug-likeness (QED) is 0.763. The molecule has 0 fully saturated rings. The molecule has 2 aromatic heterocycles. The largest absolute Gasteiger partial charge is 0.356 e. The molecule has 3 rings (SSSR count). The minimum Gasteiger partial charge on any atom is -0.356 e. The molecule has 3 aromatic rings. The molecule has 124 valence electrons. The van der Waals surface area contributed by atoms with Gasteiger partial charge in [0.2, 0.25) is 5.91 Å². The van der Waals surface area contributed by atoms with Crippen LogP contribution in [0.2, 0.25) is 5.02 Å². The monoisotopic (exact) mass is 341 g/mol. The van der Waals surface area contributed by atoms with Gasteiger partial charge in [0.05, 0.1) is 17.8 Å². The lowest BCUT2D eigenvalue weighted by atomic mass is 10.1.